The van der Waals surface area contributed by atoms with Gasteiger partial charge in [0.15, 0.2) is 0 Å². The highest BCUT2D eigenvalue weighted by molar-refractivity contribution is 5.76. The zero-order chi connectivity index (χ0) is 13.0. The molecule has 0 aliphatic heterocycles. The van der Waals surface area contributed by atoms with E-state index in [0.29, 0.717) is 5.75 Å². The molecule has 0 saturated heterocycles. The minimum Gasteiger partial charge on any atom is -0.488 e. The van der Waals surface area contributed by atoms with Crippen LogP contribution in [0.2, 0.25) is 0 Å². The van der Waals surface area contributed by atoms with Crippen LogP contribution in [0.5, 0.6) is 5.75 Å². The van der Waals surface area contributed by atoms with E-state index in [1.54, 1.807) is 6.21 Å². The van der Waals surface area contributed by atoms with Gasteiger partial charge < -0.3 is 4.74 Å². The summed E-state index contributed by atoms with van der Waals surface area (Å²) in [5.41, 5.74) is 1.52. The smallest absolute Gasteiger partial charge is 0.148 e. The summed E-state index contributed by atoms with van der Waals surface area (Å²) in [5, 5.41) is 0. The molecule has 1 aromatic rings. The predicted molar refractivity (Wildman–Crippen MR) is 72.4 cm³/mol. The van der Waals surface area contributed by atoms with Crippen LogP contribution in [0.15, 0.2) is 29.3 Å². The van der Waals surface area contributed by atoms with Crippen molar-refractivity contribution >= 4 is 11.9 Å². The topological polar surface area (TPSA) is 21.6 Å². The number of allylic oxidation sites excluding steroid dienone is 2. The molecule has 1 saturated carbocycles. The molecule has 96 valence electrons. The monoisotopic (exact) mass is 247 g/mol. The van der Waals surface area contributed by atoms with E-state index in [1.165, 1.54) is 18.6 Å². The Morgan fingerprint density at radius 3 is 2.78 bits per heavy atom. The van der Waals surface area contributed by atoms with Crippen molar-refractivity contribution in [3.8, 4) is 5.75 Å². The summed E-state index contributed by atoms with van der Waals surface area (Å²) in [5.74, 6) is 0.282. The second-order valence-corrected chi connectivity index (χ2v) is 4.54. The highest BCUT2D eigenvalue weighted by Gasteiger charge is 2.21. The van der Waals surface area contributed by atoms with Gasteiger partial charge in [0, 0.05) is 12.3 Å². The number of aliphatic imine (C=N–C) groups is 1. The van der Waals surface area contributed by atoms with Crippen LogP contribution in [0.4, 0.5) is 10.1 Å². The third-order valence-corrected chi connectivity index (χ3v) is 3.06. The number of hydrogen-bond acceptors (Lipinski definition) is 2. The maximum absolute atomic E-state index is 13.4. The van der Waals surface area contributed by atoms with E-state index < -0.39 is 0 Å². The van der Waals surface area contributed by atoms with Crippen LogP contribution < -0.4 is 4.74 Å². The van der Waals surface area contributed by atoms with Gasteiger partial charge in [0.25, 0.3) is 0 Å². The minimum atomic E-state index is -0.271. The number of hydrogen-bond donors (Lipinski definition) is 0. The highest BCUT2D eigenvalue weighted by atomic mass is 19.1. The van der Waals surface area contributed by atoms with Crippen LogP contribution in [0.3, 0.4) is 0 Å². The van der Waals surface area contributed by atoms with Gasteiger partial charge in [-0.15, -0.1) is 0 Å². The van der Waals surface area contributed by atoms with Crippen LogP contribution in [-0.4, -0.2) is 12.3 Å². The van der Waals surface area contributed by atoms with Crippen molar-refractivity contribution in [3.63, 3.8) is 0 Å². The minimum absolute atomic E-state index is 0.224. The number of benzene rings is 1. The van der Waals surface area contributed by atoms with Crippen LogP contribution in [0, 0.1) is 12.7 Å². The zero-order valence-electron chi connectivity index (χ0n) is 10.8. The summed E-state index contributed by atoms with van der Waals surface area (Å²) in [7, 11) is 0. The molecule has 0 heterocycles. The molecule has 0 bridgehead atoms. The van der Waals surface area contributed by atoms with Gasteiger partial charge in [-0.05, 0) is 50.8 Å². The normalized spacial score (nSPS) is 16.4. The maximum Gasteiger partial charge on any atom is 0.148 e. The predicted octanol–water partition coefficient (Wildman–Crippen LogP) is 4.34. The van der Waals surface area contributed by atoms with Gasteiger partial charge in [-0.1, -0.05) is 6.08 Å². The van der Waals surface area contributed by atoms with Crippen molar-refractivity contribution in [2.24, 2.45) is 4.99 Å². The van der Waals surface area contributed by atoms with E-state index >= 15 is 0 Å². The van der Waals surface area contributed by atoms with E-state index in [4.69, 9.17) is 4.74 Å². The third-order valence-electron chi connectivity index (χ3n) is 3.06. The van der Waals surface area contributed by atoms with Gasteiger partial charge in [0.1, 0.15) is 17.3 Å². The molecule has 0 amide bonds. The fraction of sp³-hybridized carbons (Fsp3) is 0.400. The Morgan fingerprint density at radius 1 is 1.39 bits per heavy atom. The van der Waals surface area contributed by atoms with Crippen LogP contribution >= 0.6 is 0 Å². The first kappa shape index (κ1) is 12.8. The summed E-state index contributed by atoms with van der Waals surface area (Å²) >= 11 is 0. The summed E-state index contributed by atoms with van der Waals surface area (Å²) in [4.78, 5) is 4.34. The van der Waals surface area contributed by atoms with Gasteiger partial charge in [0.05, 0.1) is 6.10 Å². The Kier molecular flexibility index (Phi) is 4.13. The number of aryl methyl sites for hydroxylation is 1. The standard InChI is InChI=1S/C15H18FNO/c1-3-4-8-17-15-11(2)9-12(16)10-14(15)18-13-6-5-7-13/h3-4,8-10,13H,5-7H2,1-2H3/b4-3+,17-8-. The van der Waals surface area contributed by atoms with Crippen molar-refractivity contribution in [2.75, 3.05) is 0 Å². The lowest BCUT2D eigenvalue weighted by atomic mass is 9.96. The summed E-state index contributed by atoms with van der Waals surface area (Å²) < 4.78 is 19.2. The van der Waals surface area contributed by atoms with Crippen LogP contribution in [-0.2, 0) is 0 Å². The average Bonchev–Trinajstić information content (AvgIpc) is 2.27. The largest absolute Gasteiger partial charge is 0.488 e. The number of halogens is 1. The van der Waals surface area contributed by atoms with Crippen molar-refractivity contribution in [2.45, 2.75) is 39.2 Å². The maximum atomic E-state index is 13.4. The molecule has 1 aliphatic carbocycles. The fourth-order valence-corrected chi connectivity index (χ4v) is 1.83. The second kappa shape index (κ2) is 5.80. The molecule has 1 aromatic carbocycles. The molecule has 0 spiro atoms. The second-order valence-electron chi connectivity index (χ2n) is 4.54. The molecule has 18 heavy (non-hydrogen) atoms. The lowest BCUT2D eigenvalue weighted by Crippen LogP contribution is -2.24. The Morgan fingerprint density at radius 2 is 2.17 bits per heavy atom. The van der Waals surface area contributed by atoms with Crippen molar-refractivity contribution < 1.29 is 9.13 Å². The number of nitrogens with zero attached hydrogens (tertiary/aromatic N) is 1. The molecule has 1 fully saturated rings. The summed E-state index contributed by atoms with van der Waals surface area (Å²) in [6.45, 7) is 3.77. The highest BCUT2D eigenvalue weighted by Crippen LogP contribution is 2.35. The first-order valence-corrected chi connectivity index (χ1v) is 6.33. The molecule has 0 radical (unpaired) electrons. The summed E-state index contributed by atoms with van der Waals surface area (Å²) in [6, 6.07) is 2.91. The Bertz CT molecular complexity index is 476. The molecule has 2 nitrogen and oxygen atoms in total. The number of rotatable bonds is 4. The summed E-state index contributed by atoms with van der Waals surface area (Å²) in [6.07, 6.45) is 8.96. The van der Waals surface area contributed by atoms with Crippen molar-refractivity contribution in [3.05, 3.63) is 35.7 Å². The average molecular weight is 247 g/mol. The first-order chi connectivity index (χ1) is 8.70. The molecule has 2 rings (SSSR count). The van der Waals surface area contributed by atoms with Crippen LogP contribution in [0.1, 0.15) is 31.7 Å². The van der Waals surface area contributed by atoms with E-state index in [2.05, 4.69) is 4.99 Å². The zero-order valence-corrected chi connectivity index (χ0v) is 10.8. The van der Waals surface area contributed by atoms with E-state index in [1.807, 2.05) is 26.0 Å². The Labute approximate surface area is 107 Å². The first-order valence-electron chi connectivity index (χ1n) is 6.33. The van der Waals surface area contributed by atoms with Gasteiger partial charge in [0.2, 0.25) is 0 Å². The van der Waals surface area contributed by atoms with Gasteiger partial charge in [-0.3, -0.25) is 4.99 Å². The molecular formula is C15H18FNO. The molecule has 0 atom stereocenters. The van der Waals surface area contributed by atoms with E-state index in [9.17, 15) is 4.39 Å². The van der Waals surface area contributed by atoms with Crippen molar-refractivity contribution in [1.29, 1.82) is 0 Å². The molecule has 0 unspecified atom stereocenters. The van der Waals surface area contributed by atoms with E-state index in [0.717, 1.165) is 24.1 Å². The molecule has 0 aromatic heterocycles. The molecule has 3 heteroatoms. The lowest BCUT2D eigenvalue weighted by molar-refractivity contribution is 0.120. The Hall–Kier alpha value is -1.64. The van der Waals surface area contributed by atoms with Gasteiger partial charge >= 0.3 is 0 Å². The number of ether oxygens (including phenoxy) is 1. The fourth-order valence-electron chi connectivity index (χ4n) is 1.83. The van der Waals surface area contributed by atoms with Gasteiger partial charge in [-0.2, -0.15) is 0 Å². The van der Waals surface area contributed by atoms with Crippen LogP contribution in [0.25, 0.3) is 0 Å². The van der Waals surface area contributed by atoms with Gasteiger partial charge in [-0.25, -0.2) is 4.39 Å². The molecule has 0 N–H and O–H groups in total. The SMILES string of the molecule is C/C=C/C=N\c1c(C)cc(F)cc1OC1CCC1. The third kappa shape index (κ3) is 2.97. The van der Waals surface area contributed by atoms with Crippen molar-refractivity contribution in [1.82, 2.24) is 0 Å². The Balaban J connectivity index is 2.28. The van der Waals surface area contributed by atoms with E-state index in [-0.39, 0.29) is 11.9 Å². The molecular weight excluding hydrogens is 229 g/mol. The lowest BCUT2D eigenvalue weighted by Gasteiger charge is -2.27. The molecule has 1 aliphatic rings. The quantitative estimate of drug-likeness (QED) is 0.725.